The van der Waals surface area contributed by atoms with Crippen LogP contribution in [0.25, 0.3) is 0 Å². The predicted octanol–water partition coefficient (Wildman–Crippen LogP) is 11.5. The molecule has 0 unspecified atom stereocenters. The zero-order valence-corrected chi connectivity index (χ0v) is 26.5. The second kappa shape index (κ2) is 12.9. The molecule has 224 valence electrons. The molecule has 0 spiro atoms. The summed E-state index contributed by atoms with van der Waals surface area (Å²) in [5, 5.41) is 0. The van der Waals surface area contributed by atoms with Gasteiger partial charge in [0.25, 0.3) is 0 Å². The van der Waals surface area contributed by atoms with Crippen LogP contribution >= 0.6 is 0 Å². The molecule has 0 saturated carbocycles. The van der Waals surface area contributed by atoms with Gasteiger partial charge in [-0.2, -0.15) is 0 Å². The third-order valence-electron chi connectivity index (χ3n) is 8.88. The van der Waals surface area contributed by atoms with Crippen LogP contribution < -0.4 is 9.47 Å². The van der Waals surface area contributed by atoms with Crippen LogP contribution in [-0.2, 0) is 17.3 Å². The first-order chi connectivity index (χ1) is 21.8. The zero-order valence-electron chi connectivity index (χ0n) is 26.5. The number of ether oxygens (including phenoxy) is 2. The second-order valence-electron chi connectivity index (χ2n) is 12.6. The SMILES string of the molecule is CC(C)(c1ccccc1)c1ccc(Oc2ccccc2)c(Cc2cc(C(C)(C)c3ccccc3)ccc2Oc2ccccc2)c1. The Balaban J connectivity index is 1.47. The van der Waals surface area contributed by atoms with Gasteiger partial charge < -0.3 is 9.47 Å². The molecule has 2 nitrogen and oxygen atoms in total. The van der Waals surface area contributed by atoms with Crippen LogP contribution in [0, 0.1) is 0 Å². The van der Waals surface area contributed by atoms with Crippen LogP contribution in [0.5, 0.6) is 23.0 Å². The van der Waals surface area contributed by atoms with E-state index in [4.69, 9.17) is 9.47 Å². The molecule has 0 aliphatic heterocycles. The van der Waals surface area contributed by atoms with Crippen LogP contribution in [0.3, 0.4) is 0 Å². The Morgan fingerprint density at radius 1 is 0.378 bits per heavy atom. The highest BCUT2D eigenvalue weighted by molar-refractivity contribution is 5.52. The summed E-state index contributed by atoms with van der Waals surface area (Å²) in [4.78, 5) is 0. The smallest absolute Gasteiger partial charge is 0.130 e. The molecule has 6 aromatic rings. The van der Waals surface area contributed by atoms with Crippen molar-refractivity contribution in [3.8, 4) is 23.0 Å². The predicted molar refractivity (Wildman–Crippen MR) is 186 cm³/mol. The fraction of sp³-hybridized carbons (Fsp3) is 0.163. The summed E-state index contributed by atoms with van der Waals surface area (Å²) in [7, 11) is 0. The van der Waals surface area contributed by atoms with Crippen molar-refractivity contribution in [1.82, 2.24) is 0 Å². The molecule has 2 heteroatoms. The van der Waals surface area contributed by atoms with Crippen molar-refractivity contribution in [3.05, 3.63) is 191 Å². The van der Waals surface area contributed by atoms with Gasteiger partial charge in [0, 0.05) is 17.3 Å². The van der Waals surface area contributed by atoms with Crippen molar-refractivity contribution in [3.63, 3.8) is 0 Å². The van der Waals surface area contributed by atoms with Gasteiger partial charge in [0.05, 0.1) is 0 Å². The zero-order chi connectivity index (χ0) is 31.3. The van der Waals surface area contributed by atoms with Crippen molar-refractivity contribution in [1.29, 1.82) is 0 Å². The average molecular weight is 589 g/mol. The molecule has 6 rings (SSSR count). The van der Waals surface area contributed by atoms with Crippen molar-refractivity contribution in [2.75, 3.05) is 0 Å². The first kappa shape index (κ1) is 30.0. The van der Waals surface area contributed by atoms with E-state index >= 15 is 0 Å². The van der Waals surface area contributed by atoms with Crippen LogP contribution in [0.2, 0.25) is 0 Å². The number of hydrogen-bond donors (Lipinski definition) is 0. The van der Waals surface area contributed by atoms with Gasteiger partial charge in [-0.3, -0.25) is 0 Å². The summed E-state index contributed by atoms with van der Waals surface area (Å²) in [6, 6.07) is 54.7. The van der Waals surface area contributed by atoms with Crippen LogP contribution in [0.15, 0.2) is 158 Å². The quantitative estimate of drug-likeness (QED) is 0.158. The van der Waals surface area contributed by atoms with Gasteiger partial charge in [0.2, 0.25) is 0 Å². The lowest BCUT2D eigenvalue weighted by molar-refractivity contribution is 0.470. The topological polar surface area (TPSA) is 18.5 Å². The first-order valence-electron chi connectivity index (χ1n) is 15.6. The Hall–Kier alpha value is -5.08. The molecule has 0 saturated heterocycles. The van der Waals surface area contributed by atoms with Gasteiger partial charge in [-0.1, -0.05) is 149 Å². The maximum absolute atomic E-state index is 6.54. The lowest BCUT2D eigenvalue weighted by atomic mass is 9.76. The van der Waals surface area contributed by atoms with Crippen molar-refractivity contribution >= 4 is 0 Å². The average Bonchev–Trinajstić information content (AvgIpc) is 3.08. The summed E-state index contributed by atoms with van der Waals surface area (Å²) < 4.78 is 13.1. The molecule has 0 aliphatic carbocycles. The van der Waals surface area contributed by atoms with E-state index in [0.29, 0.717) is 6.42 Å². The van der Waals surface area contributed by atoms with Crippen LogP contribution in [0.4, 0.5) is 0 Å². The van der Waals surface area contributed by atoms with E-state index in [9.17, 15) is 0 Å². The molecule has 0 fully saturated rings. The standard InChI is InChI=1S/C43H40O2/c1-42(2,34-17-9-5-10-18-34)36-25-27-40(44-38-21-13-7-14-22-38)32(30-36)29-33-31-37(43(3,4)35-19-11-6-12-20-35)26-28-41(33)45-39-23-15-8-16-24-39/h5-28,30-31H,29H2,1-4H3. The highest BCUT2D eigenvalue weighted by Crippen LogP contribution is 2.40. The van der Waals surface area contributed by atoms with E-state index in [1.165, 1.54) is 22.3 Å². The lowest BCUT2D eigenvalue weighted by Gasteiger charge is -2.28. The molecule has 0 aliphatic rings. The maximum Gasteiger partial charge on any atom is 0.130 e. The van der Waals surface area contributed by atoms with Gasteiger partial charge in [-0.15, -0.1) is 0 Å². The Kier molecular flexibility index (Phi) is 8.58. The molecule has 0 radical (unpaired) electrons. The summed E-state index contributed by atoms with van der Waals surface area (Å²) in [6.07, 6.45) is 0.641. The van der Waals surface area contributed by atoms with Crippen molar-refractivity contribution in [2.45, 2.75) is 44.9 Å². The Labute approximate surface area is 267 Å². The van der Waals surface area contributed by atoms with Crippen LogP contribution in [-0.4, -0.2) is 0 Å². The molecule has 0 amide bonds. The van der Waals surface area contributed by atoms with Gasteiger partial charge in [-0.25, -0.2) is 0 Å². The van der Waals surface area contributed by atoms with E-state index in [1.807, 2.05) is 60.7 Å². The molecule has 0 heterocycles. The number of hydrogen-bond acceptors (Lipinski definition) is 2. The summed E-state index contributed by atoms with van der Waals surface area (Å²) >= 11 is 0. The van der Waals surface area contributed by atoms with E-state index in [0.717, 1.165) is 34.1 Å². The third kappa shape index (κ3) is 6.71. The summed E-state index contributed by atoms with van der Waals surface area (Å²) in [5.41, 5.74) is 6.83. The largest absolute Gasteiger partial charge is 0.457 e. The molecular formula is C43H40O2. The Morgan fingerprint density at radius 3 is 1.07 bits per heavy atom. The minimum atomic E-state index is -0.193. The van der Waals surface area contributed by atoms with Gasteiger partial charge in [-0.05, 0) is 69.8 Å². The van der Waals surface area contributed by atoms with Gasteiger partial charge in [0.1, 0.15) is 23.0 Å². The maximum atomic E-state index is 6.54. The number of para-hydroxylation sites is 2. The molecular weight excluding hydrogens is 548 g/mol. The Bertz CT molecular complexity index is 1700. The molecule has 0 bridgehead atoms. The fourth-order valence-electron chi connectivity index (χ4n) is 5.89. The van der Waals surface area contributed by atoms with E-state index in [2.05, 4.69) is 125 Å². The minimum absolute atomic E-state index is 0.193. The monoisotopic (exact) mass is 588 g/mol. The molecule has 6 aromatic carbocycles. The molecule has 0 atom stereocenters. The third-order valence-corrected chi connectivity index (χ3v) is 8.88. The first-order valence-corrected chi connectivity index (χ1v) is 15.6. The normalized spacial score (nSPS) is 11.6. The highest BCUT2D eigenvalue weighted by Gasteiger charge is 2.27. The molecule has 0 aromatic heterocycles. The van der Waals surface area contributed by atoms with Crippen molar-refractivity contribution < 1.29 is 9.47 Å². The molecule has 45 heavy (non-hydrogen) atoms. The summed E-state index contributed by atoms with van der Waals surface area (Å²) in [6.45, 7) is 9.14. The molecule has 0 N–H and O–H groups in total. The minimum Gasteiger partial charge on any atom is -0.457 e. The number of rotatable bonds is 10. The Morgan fingerprint density at radius 2 is 0.711 bits per heavy atom. The van der Waals surface area contributed by atoms with E-state index in [1.54, 1.807) is 0 Å². The van der Waals surface area contributed by atoms with Gasteiger partial charge in [0.15, 0.2) is 0 Å². The lowest BCUT2D eigenvalue weighted by Crippen LogP contribution is -2.19. The fourth-order valence-corrected chi connectivity index (χ4v) is 5.89. The summed E-state index contributed by atoms with van der Waals surface area (Å²) in [5.74, 6) is 3.31. The second-order valence-corrected chi connectivity index (χ2v) is 12.6. The van der Waals surface area contributed by atoms with Crippen molar-refractivity contribution in [2.24, 2.45) is 0 Å². The highest BCUT2D eigenvalue weighted by atomic mass is 16.5. The van der Waals surface area contributed by atoms with E-state index < -0.39 is 0 Å². The van der Waals surface area contributed by atoms with Gasteiger partial charge >= 0.3 is 0 Å². The van der Waals surface area contributed by atoms with E-state index in [-0.39, 0.29) is 10.8 Å². The number of benzene rings is 6. The van der Waals surface area contributed by atoms with Crippen LogP contribution in [0.1, 0.15) is 61.1 Å².